The van der Waals surface area contributed by atoms with Gasteiger partial charge in [0, 0.05) is 11.1 Å². The van der Waals surface area contributed by atoms with Crippen LogP contribution in [-0.2, 0) is 0 Å². The molecular formula is C41H27N. The fourth-order valence-electron chi connectivity index (χ4n) is 6.37. The fraction of sp³-hybridized carbons (Fsp3) is 0. The minimum Gasteiger partial charge on any atom is -0.248 e. The Bertz CT molecular complexity index is 2180. The summed E-state index contributed by atoms with van der Waals surface area (Å²) in [5, 5.41) is 7.31. The molecule has 0 aliphatic heterocycles. The Morgan fingerprint density at radius 3 is 1.55 bits per heavy atom. The van der Waals surface area contributed by atoms with Gasteiger partial charge in [-0.3, -0.25) is 0 Å². The third-order valence-electron chi connectivity index (χ3n) is 8.26. The number of fused-ring (bicyclic) bond motifs is 3. The number of pyridine rings is 1. The van der Waals surface area contributed by atoms with Crippen LogP contribution in [0, 0.1) is 0 Å². The zero-order valence-electron chi connectivity index (χ0n) is 23.0. The molecule has 42 heavy (non-hydrogen) atoms. The Labute approximate surface area is 245 Å². The first-order valence-electron chi connectivity index (χ1n) is 14.4. The summed E-state index contributed by atoms with van der Waals surface area (Å²) in [7, 11) is 0. The molecule has 0 radical (unpaired) electrons. The van der Waals surface area contributed by atoms with Crippen molar-refractivity contribution in [1.82, 2.24) is 4.98 Å². The molecule has 196 valence electrons. The average Bonchev–Trinajstić information content (AvgIpc) is 3.07. The molecule has 7 aromatic carbocycles. The summed E-state index contributed by atoms with van der Waals surface area (Å²) in [5.41, 5.74) is 9.20. The van der Waals surface area contributed by atoms with Gasteiger partial charge in [-0.05, 0) is 72.8 Å². The predicted octanol–water partition coefficient (Wildman–Crippen LogP) is 11.2. The molecule has 1 aromatic heterocycles. The van der Waals surface area contributed by atoms with Gasteiger partial charge in [0.2, 0.25) is 0 Å². The van der Waals surface area contributed by atoms with E-state index in [1.165, 1.54) is 60.1 Å². The number of nitrogens with zero attached hydrogens (tertiary/aromatic N) is 1. The largest absolute Gasteiger partial charge is 0.248 e. The smallest absolute Gasteiger partial charge is 0.0722 e. The zero-order chi connectivity index (χ0) is 27.9. The molecule has 0 N–H and O–H groups in total. The van der Waals surface area contributed by atoms with Crippen molar-refractivity contribution in [3.05, 3.63) is 164 Å². The van der Waals surface area contributed by atoms with E-state index in [1.807, 2.05) is 0 Å². The Morgan fingerprint density at radius 2 is 0.810 bits per heavy atom. The number of hydrogen-bond donors (Lipinski definition) is 0. The highest BCUT2D eigenvalue weighted by atomic mass is 14.7. The van der Waals surface area contributed by atoms with Crippen LogP contribution >= 0.6 is 0 Å². The Balaban J connectivity index is 1.39. The van der Waals surface area contributed by atoms with Gasteiger partial charge in [0.1, 0.15) is 0 Å². The second-order valence-electron chi connectivity index (χ2n) is 10.7. The van der Waals surface area contributed by atoms with Gasteiger partial charge in [0.15, 0.2) is 0 Å². The third-order valence-corrected chi connectivity index (χ3v) is 8.26. The first-order valence-corrected chi connectivity index (χ1v) is 14.4. The van der Waals surface area contributed by atoms with E-state index in [2.05, 4.69) is 164 Å². The van der Waals surface area contributed by atoms with Crippen LogP contribution in [0.5, 0.6) is 0 Å². The lowest BCUT2D eigenvalue weighted by Gasteiger charge is -2.18. The van der Waals surface area contributed by atoms with E-state index in [4.69, 9.17) is 4.98 Å². The third kappa shape index (κ3) is 4.06. The highest BCUT2D eigenvalue weighted by Crippen LogP contribution is 2.44. The quantitative estimate of drug-likeness (QED) is 0.205. The number of aromatic nitrogens is 1. The van der Waals surface area contributed by atoms with Gasteiger partial charge in [0.05, 0.1) is 11.4 Å². The lowest BCUT2D eigenvalue weighted by atomic mass is 9.86. The van der Waals surface area contributed by atoms with Crippen LogP contribution in [0.25, 0.3) is 77.1 Å². The first kappa shape index (κ1) is 24.3. The van der Waals surface area contributed by atoms with E-state index in [-0.39, 0.29) is 0 Å². The second kappa shape index (κ2) is 10.1. The summed E-state index contributed by atoms with van der Waals surface area (Å²) >= 11 is 0. The van der Waals surface area contributed by atoms with Gasteiger partial charge in [-0.15, -0.1) is 0 Å². The topological polar surface area (TPSA) is 12.9 Å². The molecule has 0 saturated carbocycles. The molecule has 8 aromatic rings. The molecule has 0 spiro atoms. The molecule has 0 unspecified atom stereocenters. The van der Waals surface area contributed by atoms with Crippen molar-refractivity contribution >= 4 is 32.3 Å². The van der Waals surface area contributed by atoms with Crippen LogP contribution in [0.3, 0.4) is 0 Å². The van der Waals surface area contributed by atoms with Gasteiger partial charge < -0.3 is 0 Å². The Hall–Kier alpha value is -5.53. The number of rotatable bonds is 4. The van der Waals surface area contributed by atoms with Crippen molar-refractivity contribution in [2.24, 2.45) is 0 Å². The van der Waals surface area contributed by atoms with Gasteiger partial charge in [-0.1, -0.05) is 146 Å². The van der Waals surface area contributed by atoms with E-state index in [0.29, 0.717) is 0 Å². The number of hydrogen-bond acceptors (Lipinski definition) is 1. The normalized spacial score (nSPS) is 11.3. The molecule has 1 heteroatoms. The molecule has 0 bridgehead atoms. The van der Waals surface area contributed by atoms with Gasteiger partial charge in [-0.25, -0.2) is 4.98 Å². The highest BCUT2D eigenvalue weighted by Gasteiger charge is 2.18. The summed E-state index contributed by atoms with van der Waals surface area (Å²) in [6.07, 6.45) is 0. The van der Waals surface area contributed by atoms with Crippen LogP contribution in [-0.4, -0.2) is 4.98 Å². The van der Waals surface area contributed by atoms with E-state index < -0.39 is 0 Å². The Kier molecular flexibility index (Phi) is 5.86. The minimum atomic E-state index is 0.983. The van der Waals surface area contributed by atoms with Crippen molar-refractivity contribution in [1.29, 1.82) is 0 Å². The maximum atomic E-state index is 5.32. The van der Waals surface area contributed by atoms with E-state index in [9.17, 15) is 0 Å². The van der Waals surface area contributed by atoms with Gasteiger partial charge in [0.25, 0.3) is 0 Å². The fourth-order valence-corrected chi connectivity index (χ4v) is 6.37. The molecular weight excluding hydrogens is 506 g/mol. The first-order chi connectivity index (χ1) is 20.8. The lowest BCUT2D eigenvalue weighted by molar-refractivity contribution is 1.34. The zero-order valence-corrected chi connectivity index (χ0v) is 23.0. The van der Waals surface area contributed by atoms with Crippen LogP contribution in [0.1, 0.15) is 0 Å². The van der Waals surface area contributed by atoms with Gasteiger partial charge in [-0.2, -0.15) is 0 Å². The summed E-state index contributed by atoms with van der Waals surface area (Å²) in [6.45, 7) is 0. The van der Waals surface area contributed by atoms with Crippen molar-refractivity contribution in [2.75, 3.05) is 0 Å². The van der Waals surface area contributed by atoms with Crippen LogP contribution in [0.4, 0.5) is 0 Å². The molecule has 1 heterocycles. The number of benzene rings is 7. The van der Waals surface area contributed by atoms with E-state index in [0.717, 1.165) is 17.0 Å². The average molecular weight is 534 g/mol. The molecule has 1 nitrogen and oxygen atoms in total. The maximum Gasteiger partial charge on any atom is 0.0722 e. The molecule has 0 aliphatic carbocycles. The summed E-state index contributed by atoms with van der Waals surface area (Å²) < 4.78 is 0. The monoisotopic (exact) mass is 533 g/mol. The van der Waals surface area contributed by atoms with E-state index >= 15 is 0 Å². The Morgan fingerprint density at radius 1 is 0.310 bits per heavy atom. The van der Waals surface area contributed by atoms with Crippen molar-refractivity contribution < 1.29 is 0 Å². The van der Waals surface area contributed by atoms with Gasteiger partial charge >= 0.3 is 0 Å². The molecule has 0 fully saturated rings. The maximum absolute atomic E-state index is 5.32. The standard InChI is InChI=1S/C41H27N/c1-2-13-28(14-3-1)30-17-10-18-31(27-30)40-34-20-6-8-22-36(34)41(37-23-9-7-21-35(37)40)39-26-12-25-38(42-39)33-24-11-16-29-15-4-5-19-32(29)33/h1-27H. The molecule has 8 rings (SSSR count). The molecule has 0 amide bonds. The van der Waals surface area contributed by atoms with Crippen LogP contribution in [0.2, 0.25) is 0 Å². The van der Waals surface area contributed by atoms with Crippen molar-refractivity contribution in [3.8, 4) is 44.8 Å². The van der Waals surface area contributed by atoms with E-state index in [1.54, 1.807) is 0 Å². The highest BCUT2D eigenvalue weighted by molar-refractivity contribution is 6.21. The van der Waals surface area contributed by atoms with Crippen molar-refractivity contribution in [3.63, 3.8) is 0 Å². The minimum absolute atomic E-state index is 0.983. The molecule has 0 atom stereocenters. The summed E-state index contributed by atoms with van der Waals surface area (Å²) in [6, 6.07) is 58.5. The predicted molar refractivity (Wildman–Crippen MR) is 178 cm³/mol. The van der Waals surface area contributed by atoms with Crippen LogP contribution in [0.15, 0.2) is 164 Å². The second-order valence-corrected chi connectivity index (χ2v) is 10.7. The van der Waals surface area contributed by atoms with Crippen LogP contribution < -0.4 is 0 Å². The molecule has 0 aliphatic rings. The lowest BCUT2D eigenvalue weighted by Crippen LogP contribution is -1.94. The van der Waals surface area contributed by atoms with Crippen molar-refractivity contribution in [2.45, 2.75) is 0 Å². The summed E-state index contributed by atoms with van der Waals surface area (Å²) in [4.78, 5) is 5.32. The summed E-state index contributed by atoms with van der Waals surface area (Å²) in [5.74, 6) is 0. The molecule has 0 saturated heterocycles. The SMILES string of the molecule is c1ccc(-c2cccc(-c3c4ccccc4c(-c4cccc(-c5cccc6ccccc56)n4)c4ccccc34)c2)cc1.